The molecule has 0 radical (unpaired) electrons. The number of nitrogens with one attached hydrogen (secondary N) is 1. The fourth-order valence-electron chi connectivity index (χ4n) is 1.56. The molecule has 1 aromatic rings. The Morgan fingerprint density at radius 3 is 2.79 bits per heavy atom. The van der Waals surface area contributed by atoms with Gasteiger partial charge in [-0.25, -0.2) is 0 Å². The van der Waals surface area contributed by atoms with E-state index < -0.39 is 4.92 Å². The first kappa shape index (κ1) is 9.43. The molecule has 1 fully saturated rings. The second-order valence-electron chi connectivity index (χ2n) is 3.23. The van der Waals surface area contributed by atoms with Gasteiger partial charge in [0, 0.05) is 11.6 Å². The van der Waals surface area contributed by atoms with Crippen LogP contribution in [0.25, 0.3) is 0 Å². The van der Waals surface area contributed by atoms with Gasteiger partial charge in [0.25, 0.3) is 5.69 Å². The largest absolute Gasteiger partial charge is 0.310 e. The number of benzene rings is 1. The number of nitrogens with zero attached hydrogens (tertiary/aromatic N) is 1. The zero-order chi connectivity index (χ0) is 10.1. The molecule has 0 aliphatic carbocycles. The van der Waals surface area contributed by atoms with Crippen molar-refractivity contribution >= 4 is 17.3 Å². The third kappa shape index (κ3) is 1.47. The maximum absolute atomic E-state index is 10.8. The summed E-state index contributed by atoms with van der Waals surface area (Å²) in [6, 6.07) is 5.13. The van der Waals surface area contributed by atoms with Gasteiger partial charge in [0.15, 0.2) is 0 Å². The Kier molecular flexibility index (Phi) is 2.39. The Morgan fingerprint density at radius 2 is 2.29 bits per heavy atom. The molecule has 0 bridgehead atoms. The minimum absolute atomic E-state index is 0.0337. The molecule has 0 amide bonds. The highest BCUT2D eigenvalue weighted by molar-refractivity contribution is 6.32. The zero-order valence-electron chi connectivity index (χ0n) is 7.37. The van der Waals surface area contributed by atoms with Gasteiger partial charge in [0.1, 0.15) is 5.02 Å². The van der Waals surface area contributed by atoms with Crippen molar-refractivity contribution in [1.29, 1.82) is 0 Å². The first-order valence-corrected chi connectivity index (χ1v) is 4.74. The molecule has 1 saturated heterocycles. The van der Waals surface area contributed by atoms with Crippen LogP contribution in [-0.4, -0.2) is 11.5 Å². The Hall–Kier alpha value is -1.13. The van der Waals surface area contributed by atoms with Crippen molar-refractivity contribution in [3.63, 3.8) is 0 Å². The number of rotatable bonds is 2. The van der Waals surface area contributed by atoms with Crippen molar-refractivity contribution in [1.82, 2.24) is 5.32 Å². The Balaban J connectivity index is 2.46. The summed E-state index contributed by atoms with van der Waals surface area (Å²) >= 11 is 5.78. The predicted molar refractivity (Wildman–Crippen MR) is 53.5 cm³/mol. The van der Waals surface area contributed by atoms with Gasteiger partial charge in [-0.3, -0.25) is 10.1 Å². The van der Waals surface area contributed by atoms with Gasteiger partial charge in [-0.1, -0.05) is 23.7 Å². The smallest absolute Gasteiger partial charge is 0.292 e. The van der Waals surface area contributed by atoms with Gasteiger partial charge in [-0.05, 0) is 19.0 Å². The van der Waals surface area contributed by atoms with E-state index in [9.17, 15) is 10.1 Å². The number of hydrogen-bond donors (Lipinski definition) is 1. The summed E-state index contributed by atoms with van der Waals surface area (Å²) < 4.78 is 0. The van der Waals surface area contributed by atoms with Crippen LogP contribution in [-0.2, 0) is 0 Å². The molecule has 4 nitrogen and oxygen atoms in total. The summed E-state index contributed by atoms with van der Waals surface area (Å²) in [5.74, 6) is 0. The normalized spacial score (nSPS) is 20.2. The molecule has 0 spiro atoms. The molecule has 1 N–H and O–H groups in total. The van der Waals surface area contributed by atoms with E-state index in [2.05, 4.69) is 5.32 Å². The van der Waals surface area contributed by atoms with Crippen LogP contribution in [0, 0.1) is 10.1 Å². The highest BCUT2D eigenvalue weighted by Crippen LogP contribution is 2.35. The van der Waals surface area contributed by atoms with E-state index in [0.717, 1.165) is 13.0 Å². The maximum Gasteiger partial charge on any atom is 0.292 e. The molecule has 0 unspecified atom stereocenters. The van der Waals surface area contributed by atoms with Crippen LogP contribution < -0.4 is 5.32 Å². The Labute approximate surface area is 86.0 Å². The van der Waals surface area contributed by atoms with Gasteiger partial charge in [0.2, 0.25) is 0 Å². The van der Waals surface area contributed by atoms with Crippen molar-refractivity contribution < 1.29 is 4.92 Å². The van der Waals surface area contributed by atoms with Crippen molar-refractivity contribution in [2.45, 2.75) is 12.5 Å². The number of hydrogen-bond acceptors (Lipinski definition) is 3. The lowest BCUT2D eigenvalue weighted by Gasteiger charge is -2.27. The second-order valence-corrected chi connectivity index (χ2v) is 3.64. The Bertz CT molecular complexity index is 377. The van der Waals surface area contributed by atoms with Crippen LogP contribution in [0.4, 0.5) is 5.69 Å². The van der Waals surface area contributed by atoms with E-state index in [1.165, 1.54) is 0 Å². The Morgan fingerprint density at radius 1 is 1.57 bits per heavy atom. The molecule has 74 valence electrons. The van der Waals surface area contributed by atoms with E-state index in [4.69, 9.17) is 11.6 Å². The number of para-hydroxylation sites is 1. The third-order valence-electron chi connectivity index (χ3n) is 2.40. The average Bonchev–Trinajstić information content (AvgIpc) is 1.99. The van der Waals surface area contributed by atoms with E-state index in [0.29, 0.717) is 5.56 Å². The lowest BCUT2D eigenvalue weighted by Crippen LogP contribution is -2.35. The standard InChI is InChI=1S/C9H9ClN2O2/c10-7-3-1-2-6(8-4-5-11-8)9(7)12(13)14/h1-3,8,11H,4-5H2/t8-/m1/s1. The summed E-state index contributed by atoms with van der Waals surface area (Å²) in [5, 5.41) is 14.1. The maximum atomic E-state index is 10.8. The first-order valence-electron chi connectivity index (χ1n) is 4.36. The van der Waals surface area contributed by atoms with Gasteiger partial charge < -0.3 is 5.32 Å². The van der Waals surface area contributed by atoms with Gasteiger partial charge in [-0.15, -0.1) is 0 Å². The molecule has 0 saturated carbocycles. The van der Waals surface area contributed by atoms with Gasteiger partial charge in [0.05, 0.1) is 4.92 Å². The van der Waals surface area contributed by atoms with Crippen LogP contribution in [0.3, 0.4) is 0 Å². The summed E-state index contributed by atoms with van der Waals surface area (Å²) in [6.45, 7) is 0.911. The van der Waals surface area contributed by atoms with Crippen molar-refractivity contribution in [3.8, 4) is 0 Å². The van der Waals surface area contributed by atoms with Crippen molar-refractivity contribution in [3.05, 3.63) is 38.9 Å². The number of halogens is 1. The molecule has 2 rings (SSSR count). The lowest BCUT2D eigenvalue weighted by molar-refractivity contribution is -0.385. The minimum Gasteiger partial charge on any atom is -0.310 e. The van der Waals surface area contributed by atoms with Gasteiger partial charge in [-0.2, -0.15) is 0 Å². The van der Waals surface area contributed by atoms with Crippen LogP contribution in [0.2, 0.25) is 5.02 Å². The molecule has 1 aliphatic heterocycles. The molecule has 5 heteroatoms. The summed E-state index contributed by atoms with van der Waals surface area (Å²) in [4.78, 5) is 10.4. The van der Waals surface area contributed by atoms with Crippen LogP contribution in [0.5, 0.6) is 0 Å². The highest BCUT2D eigenvalue weighted by Gasteiger charge is 2.28. The molecular weight excluding hydrogens is 204 g/mol. The van der Waals surface area contributed by atoms with E-state index >= 15 is 0 Å². The molecule has 1 aliphatic rings. The third-order valence-corrected chi connectivity index (χ3v) is 2.70. The quantitative estimate of drug-likeness (QED) is 0.605. The highest BCUT2D eigenvalue weighted by atomic mass is 35.5. The van der Waals surface area contributed by atoms with E-state index in [-0.39, 0.29) is 16.8 Å². The number of nitro groups is 1. The SMILES string of the molecule is O=[N+]([O-])c1c(Cl)cccc1[C@H]1CCN1. The molecule has 1 heterocycles. The predicted octanol–water partition coefficient (Wildman–Crippen LogP) is 2.28. The molecular formula is C9H9ClN2O2. The van der Waals surface area contributed by atoms with Crippen LogP contribution in [0.1, 0.15) is 18.0 Å². The number of nitro benzene ring substituents is 1. The summed E-state index contributed by atoms with van der Waals surface area (Å²) in [6.07, 6.45) is 0.932. The monoisotopic (exact) mass is 212 g/mol. The first-order chi connectivity index (χ1) is 6.70. The van der Waals surface area contributed by atoms with Gasteiger partial charge >= 0.3 is 0 Å². The van der Waals surface area contributed by atoms with Crippen molar-refractivity contribution in [2.75, 3.05) is 6.54 Å². The molecule has 14 heavy (non-hydrogen) atoms. The fraction of sp³-hybridized carbons (Fsp3) is 0.333. The molecule has 0 aromatic heterocycles. The fourth-order valence-corrected chi connectivity index (χ4v) is 1.81. The van der Waals surface area contributed by atoms with E-state index in [1.54, 1.807) is 18.2 Å². The lowest BCUT2D eigenvalue weighted by atomic mass is 9.96. The zero-order valence-corrected chi connectivity index (χ0v) is 8.12. The summed E-state index contributed by atoms with van der Waals surface area (Å²) in [7, 11) is 0. The van der Waals surface area contributed by atoms with Crippen LogP contribution in [0.15, 0.2) is 18.2 Å². The average molecular weight is 213 g/mol. The minimum atomic E-state index is -0.419. The van der Waals surface area contributed by atoms with Crippen LogP contribution >= 0.6 is 11.6 Å². The summed E-state index contributed by atoms with van der Waals surface area (Å²) in [5.41, 5.74) is 0.722. The molecule has 1 atom stereocenters. The molecule has 1 aromatic carbocycles. The van der Waals surface area contributed by atoms with Crippen molar-refractivity contribution in [2.24, 2.45) is 0 Å². The van der Waals surface area contributed by atoms with E-state index in [1.807, 2.05) is 0 Å². The topological polar surface area (TPSA) is 55.2 Å². The second kappa shape index (κ2) is 3.55.